The first-order chi connectivity index (χ1) is 6.18. The van der Waals surface area contributed by atoms with E-state index in [4.69, 9.17) is 5.73 Å². The maximum atomic E-state index is 5.70. The lowest BCUT2D eigenvalue weighted by Crippen LogP contribution is -2.02. The highest BCUT2D eigenvalue weighted by atomic mass is 15.4. The van der Waals surface area contributed by atoms with Crippen molar-refractivity contribution in [3.05, 3.63) is 23.7 Å². The van der Waals surface area contributed by atoms with Gasteiger partial charge in [0.15, 0.2) is 5.82 Å². The van der Waals surface area contributed by atoms with Crippen molar-refractivity contribution < 1.29 is 0 Å². The maximum Gasteiger partial charge on any atom is 0.172 e. The van der Waals surface area contributed by atoms with Crippen LogP contribution in [0.3, 0.4) is 0 Å². The summed E-state index contributed by atoms with van der Waals surface area (Å²) in [7, 11) is 0. The van der Waals surface area contributed by atoms with Gasteiger partial charge >= 0.3 is 0 Å². The molecule has 0 atom stereocenters. The van der Waals surface area contributed by atoms with Crippen molar-refractivity contribution in [1.82, 2.24) is 20.0 Å². The van der Waals surface area contributed by atoms with Crippen molar-refractivity contribution in [2.24, 2.45) is 0 Å². The van der Waals surface area contributed by atoms with Crippen LogP contribution in [0.1, 0.15) is 11.4 Å². The van der Waals surface area contributed by atoms with Crippen LogP contribution in [0.5, 0.6) is 0 Å². The van der Waals surface area contributed by atoms with E-state index in [1.54, 1.807) is 10.9 Å². The molecule has 2 aromatic heterocycles. The smallest absolute Gasteiger partial charge is 0.172 e. The predicted molar refractivity (Wildman–Crippen MR) is 49.6 cm³/mol. The first-order valence-electron chi connectivity index (χ1n) is 4.01. The van der Waals surface area contributed by atoms with Crippen molar-refractivity contribution in [1.29, 1.82) is 0 Å². The second-order valence-electron chi connectivity index (χ2n) is 3.01. The number of hydrogen-bond donors (Lipinski definition) is 2. The van der Waals surface area contributed by atoms with Crippen molar-refractivity contribution >= 4 is 5.69 Å². The molecule has 0 fully saturated rings. The summed E-state index contributed by atoms with van der Waals surface area (Å²) in [4.78, 5) is 0. The van der Waals surface area contributed by atoms with Gasteiger partial charge in [-0.05, 0) is 19.9 Å². The molecule has 5 nitrogen and oxygen atoms in total. The van der Waals surface area contributed by atoms with E-state index >= 15 is 0 Å². The largest absolute Gasteiger partial charge is 0.394 e. The summed E-state index contributed by atoms with van der Waals surface area (Å²) in [6, 6.07) is 1.99. The number of rotatable bonds is 1. The van der Waals surface area contributed by atoms with E-state index < -0.39 is 0 Å². The van der Waals surface area contributed by atoms with Crippen LogP contribution in [-0.4, -0.2) is 20.0 Å². The molecule has 68 valence electrons. The minimum absolute atomic E-state index is 0.603. The topological polar surface area (TPSA) is 72.5 Å². The second kappa shape index (κ2) is 2.62. The molecule has 3 N–H and O–H groups in total. The zero-order chi connectivity index (χ0) is 9.42. The van der Waals surface area contributed by atoms with Crippen LogP contribution in [-0.2, 0) is 0 Å². The fourth-order valence-electron chi connectivity index (χ4n) is 1.31. The van der Waals surface area contributed by atoms with Crippen molar-refractivity contribution in [2.75, 3.05) is 5.73 Å². The quantitative estimate of drug-likeness (QED) is 0.676. The summed E-state index contributed by atoms with van der Waals surface area (Å²) in [5, 5.41) is 10.9. The van der Waals surface area contributed by atoms with Gasteiger partial charge < -0.3 is 5.73 Å². The molecule has 0 unspecified atom stereocenters. The Morgan fingerprint density at radius 2 is 2.23 bits per heavy atom. The van der Waals surface area contributed by atoms with Gasteiger partial charge in [-0.15, -0.1) is 0 Å². The first kappa shape index (κ1) is 7.85. The number of anilines is 1. The lowest BCUT2D eigenvalue weighted by molar-refractivity contribution is 0.800. The molecule has 5 heteroatoms. The predicted octanol–water partition coefficient (Wildman–Crippen LogP) is 0.794. The maximum absolute atomic E-state index is 5.70. The number of nitrogens with zero attached hydrogens (tertiary/aromatic N) is 3. The van der Waals surface area contributed by atoms with E-state index in [0.717, 1.165) is 17.2 Å². The Morgan fingerprint density at radius 1 is 1.46 bits per heavy atom. The van der Waals surface area contributed by atoms with Gasteiger partial charge in [0.1, 0.15) is 0 Å². The molecule has 0 aliphatic carbocycles. The van der Waals surface area contributed by atoms with Crippen molar-refractivity contribution in [2.45, 2.75) is 13.8 Å². The molecule has 2 aromatic rings. The average Bonchev–Trinajstić information content (AvgIpc) is 2.58. The van der Waals surface area contributed by atoms with Crippen LogP contribution in [0.4, 0.5) is 5.69 Å². The zero-order valence-electron chi connectivity index (χ0n) is 7.57. The molecule has 0 radical (unpaired) electrons. The van der Waals surface area contributed by atoms with Crippen LogP contribution in [0.2, 0.25) is 0 Å². The number of aromatic nitrogens is 4. The molecule has 0 saturated carbocycles. The van der Waals surface area contributed by atoms with Crippen LogP contribution in [0, 0.1) is 13.8 Å². The van der Waals surface area contributed by atoms with Crippen molar-refractivity contribution in [3.8, 4) is 5.82 Å². The van der Waals surface area contributed by atoms with Crippen LogP contribution >= 0.6 is 0 Å². The Kier molecular flexibility index (Phi) is 1.58. The van der Waals surface area contributed by atoms with Gasteiger partial charge in [0, 0.05) is 5.69 Å². The van der Waals surface area contributed by atoms with Gasteiger partial charge in [0.05, 0.1) is 17.6 Å². The molecule has 0 aliphatic rings. The molecule has 2 heterocycles. The third-order valence-corrected chi connectivity index (χ3v) is 1.87. The van der Waals surface area contributed by atoms with E-state index in [9.17, 15) is 0 Å². The van der Waals surface area contributed by atoms with Gasteiger partial charge in [0.2, 0.25) is 0 Å². The summed E-state index contributed by atoms with van der Waals surface area (Å²) < 4.78 is 1.75. The van der Waals surface area contributed by atoms with Gasteiger partial charge in [0.25, 0.3) is 0 Å². The summed E-state index contributed by atoms with van der Waals surface area (Å²) in [6.45, 7) is 3.91. The number of nitrogens with two attached hydrogens (primary N) is 1. The molecule has 0 aliphatic heterocycles. The fourth-order valence-corrected chi connectivity index (χ4v) is 1.31. The van der Waals surface area contributed by atoms with Crippen LogP contribution in [0.15, 0.2) is 12.3 Å². The number of nitrogens with one attached hydrogen (secondary N) is 1. The number of aryl methyl sites for hydroxylation is 2. The van der Waals surface area contributed by atoms with E-state index in [0.29, 0.717) is 5.69 Å². The summed E-state index contributed by atoms with van der Waals surface area (Å²) >= 11 is 0. The Balaban J connectivity index is 2.58. The number of H-pyrrole nitrogens is 1. The standard InChI is InChI=1S/C8H11N5/c1-5-3-6(2)13(12-5)8-7(9)4-10-11-8/h3-4H,9H2,1-2H3,(H,10,11). The Hall–Kier alpha value is -1.78. The normalized spacial score (nSPS) is 10.6. The minimum atomic E-state index is 0.603. The van der Waals surface area contributed by atoms with Gasteiger partial charge in [-0.2, -0.15) is 10.2 Å². The average molecular weight is 177 g/mol. The summed E-state index contributed by atoms with van der Waals surface area (Å²) in [6.07, 6.45) is 1.58. The lowest BCUT2D eigenvalue weighted by atomic mass is 10.4. The SMILES string of the molecule is Cc1cc(C)n(-c2[nH]ncc2N)n1. The van der Waals surface area contributed by atoms with E-state index in [1.165, 1.54) is 0 Å². The first-order valence-corrected chi connectivity index (χ1v) is 4.01. The van der Waals surface area contributed by atoms with Gasteiger partial charge in [-0.1, -0.05) is 0 Å². The fraction of sp³-hybridized carbons (Fsp3) is 0.250. The summed E-state index contributed by atoms with van der Waals surface area (Å²) in [5.41, 5.74) is 8.30. The van der Waals surface area contributed by atoms with Crippen LogP contribution in [0.25, 0.3) is 5.82 Å². The molecule has 13 heavy (non-hydrogen) atoms. The minimum Gasteiger partial charge on any atom is -0.394 e. The molecule has 0 bridgehead atoms. The number of aromatic amines is 1. The third kappa shape index (κ3) is 1.18. The van der Waals surface area contributed by atoms with Gasteiger partial charge in [-0.25, -0.2) is 4.68 Å². The molecule has 0 spiro atoms. The Labute approximate surface area is 75.6 Å². The molecular formula is C8H11N5. The highest BCUT2D eigenvalue weighted by Crippen LogP contribution is 2.14. The van der Waals surface area contributed by atoms with E-state index in [-0.39, 0.29) is 0 Å². The molecule has 2 rings (SSSR count). The number of hydrogen-bond acceptors (Lipinski definition) is 3. The van der Waals surface area contributed by atoms with Crippen molar-refractivity contribution in [3.63, 3.8) is 0 Å². The second-order valence-corrected chi connectivity index (χ2v) is 3.01. The van der Waals surface area contributed by atoms with Crippen LogP contribution < -0.4 is 5.73 Å². The molecule has 0 aromatic carbocycles. The Bertz CT molecular complexity index is 425. The highest BCUT2D eigenvalue weighted by Gasteiger charge is 2.07. The highest BCUT2D eigenvalue weighted by molar-refractivity contribution is 5.51. The molecular weight excluding hydrogens is 166 g/mol. The van der Waals surface area contributed by atoms with E-state index in [1.807, 2.05) is 19.9 Å². The molecule has 0 saturated heterocycles. The van der Waals surface area contributed by atoms with Gasteiger partial charge in [-0.3, -0.25) is 5.10 Å². The molecule has 0 amide bonds. The third-order valence-electron chi connectivity index (χ3n) is 1.87. The monoisotopic (exact) mass is 177 g/mol. The summed E-state index contributed by atoms with van der Waals surface area (Å²) in [5.74, 6) is 0.727. The zero-order valence-corrected chi connectivity index (χ0v) is 7.57. The van der Waals surface area contributed by atoms with E-state index in [2.05, 4.69) is 15.3 Å². The number of nitrogen functional groups attached to an aromatic ring is 1. The Morgan fingerprint density at radius 3 is 2.69 bits per heavy atom. The lowest BCUT2D eigenvalue weighted by Gasteiger charge is -2.00.